The molecule has 1 fully saturated rings. The maximum Gasteiger partial charge on any atom is 0.246 e. The molecule has 1 aromatic heterocycles. The molecule has 0 aliphatic carbocycles. The zero-order valence-corrected chi connectivity index (χ0v) is 17.9. The Morgan fingerprint density at radius 2 is 1.68 bits per heavy atom. The highest BCUT2D eigenvalue weighted by molar-refractivity contribution is 5.92. The van der Waals surface area contributed by atoms with Crippen molar-refractivity contribution in [2.24, 2.45) is 0 Å². The maximum atomic E-state index is 12.6. The third-order valence-corrected chi connectivity index (χ3v) is 5.45. The van der Waals surface area contributed by atoms with Gasteiger partial charge in [0.25, 0.3) is 0 Å². The highest BCUT2D eigenvalue weighted by Crippen LogP contribution is 2.23. The minimum absolute atomic E-state index is 0.0434. The van der Waals surface area contributed by atoms with Gasteiger partial charge in [-0.1, -0.05) is 29.8 Å². The first kappa shape index (κ1) is 20.6. The van der Waals surface area contributed by atoms with Crippen molar-refractivity contribution in [3.05, 3.63) is 78.1 Å². The standard InChI is InChI=1S/C25H26N4O2/c1-19-3-5-20(6-4-19)7-12-25(30)29-15-13-28(14-16-29)24-17-23(26-18-27-24)21-8-10-22(31-2)11-9-21/h3-12,17-18H,13-16H2,1-2H3/b12-7+. The van der Waals surface area contributed by atoms with Crippen molar-refractivity contribution < 1.29 is 9.53 Å². The van der Waals surface area contributed by atoms with Gasteiger partial charge in [0, 0.05) is 43.9 Å². The zero-order valence-electron chi connectivity index (χ0n) is 17.9. The topological polar surface area (TPSA) is 58.6 Å². The highest BCUT2D eigenvalue weighted by atomic mass is 16.5. The molecule has 1 amide bonds. The molecule has 0 radical (unpaired) electrons. The molecule has 0 bridgehead atoms. The van der Waals surface area contributed by atoms with E-state index in [9.17, 15) is 4.79 Å². The number of carbonyl (C=O) groups excluding carboxylic acids is 1. The number of aromatic nitrogens is 2. The van der Waals surface area contributed by atoms with Gasteiger partial charge in [0.05, 0.1) is 12.8 Å². The van der Waals surface area contributed by atoms with Crippen LogP contribution >= 0.6 is 0 Å². The Hall–Kier alpha value is -3.67. The summed E-state index contributed by atoms with van der Waals surface area (Å²) < 4.78 is 5.22. The Morgan fingerprint density at radius 1 is 0.968 bits per heavy atom. The van der Waals surface area contributed by atoms with E-state index >= 15 is 0 Å². The van der Waals surface area contributed by atoms with Crippen molar-refractivity contribution in [2.45, 2.75) is 6.92 Å². The molecule has 6 nitrogen and oxygen atoms in total. The summed E-state index contributed by atoms with van der Waals surface area (Å²) in [7, 11) is 1.65. The second-order valence-electron chi connectivity index (χ2n) is 7.55. The van der Waals surface area contributed by atoms with Crippen LogP contribution in [0.15, 0.2) is 67.0 Å². The predicted octanol–water partition coefficient (Wildman–Crippen LogP) is 3.82. The lowest BCUT2D eigenvalue weighted by molar-refractivity contribution is -0.126. The van der Waals surface area contributed by atoms with E-state index in [0.29, 0.717) is 13.1 Å². The third-order valence-electron chi connectivity index (χ3n) is 5.45. The van der Waals surface area contributed by atoms with Crippen molar-refractivity contribution >= 4 is 17.8 Å². The minimum atomic E-state index is 0.0434. The smallest absolute Gasteiger partial charge is 0.246 e. The van der Waals surface area contributed by atoms with Gasteiger partial charge in [-0.25, -0.2) is 9.97 Å². The van der Waals surface area contributed by atoms with E-state index in [2.05, 4.69) is 21.8 Å². The fraction of sp³-hybridized carbons (Fsp3) is 0.240. The second-order valence-corrected chi connectivity index (χ2v) is 7.55. The molecule has 0 unspecified atom stereocenters. The number of rotatable bonds is 5. The van der Waals surface area contributed by atoms with E-state index in [1.807, 2.05) is 65.6 Å². The summed E-state index contributed by atoms with van der Waals surface area (Å²) >= 11 is 0. The van der Waals surface area contributed by atoms with Gasteiger partial charge in [-0.2, -0.15) is 0 Å². The number of aryl methyl sites for hydroxylation is 1. The van der Waals surface area contributed by atoms with Gasteiger partial charge in [-0.15, -0.1) is 0 Å². The molecule has 4 rings (SSSR count). The first-order valence-electron chi connectivity index (χ1n) is 10.4. The predicted molar refractivity (Wildman–Crippen MR) is 123 cm³/mol. The molecule has 158 valence electrons. The Morgan fingerprint density at radius 3 is 2.35 bits per heavy atom. The lowest BCUT2D eigenvalue weighted by Crippen LogP contribution is -2.48. The fourth-order valence-corrected chi connectivity index (χ4v) is 3.55. The van der Waals surface area contributed by atoms with E-state index in [1.54, 1.807) is 19.5 Å². The van der Waals surface area contributed by atoms with E-state index in [-0.39, 0.29) is 5.91 Å². The number of benzene rings is 2. The molecule has 1 saturated heterocycles. The number of methoxy groups -OCH3 is 1. The van der Waals surface area contributed by atoms with Gasteiger partial charge >= 0.3 is 0 Å². The summed E-state index contributed by atoms with van der Waals surface area (Å²) in [6, 6.07) is 18.0. The quantitative estimate of drug-likeness (QED) is 0.594. The van der Waals surface area contributed by atoms with Crippen molar-refractivity contribution in [1.82, 2.24) is 14.9 Å². The van der Waals surface area contributed by atoms with E-state index in [0.717, 1.165) is 41.5 Å². The molecule has 0 saturated carbocycles. The van der Waals surface area contributed by atoms with Crippen molar-refractivity contribution in [2.75, 3.05) is 38.2 Å². The van der Waals surface area contributed by atoms with Gasteiger partial charge in [0.15, 0.2) is 0 Å². The largest absolute Gasteiger partial charge is 0.497 e. The Kier molecular flexibility index (Phi) is 6.26. The first-order chi connectivity index (χ1) is 15.1. The maximum absolute atomic E-state index is 12.6. The Balaban J connectivity index is 1.37. The van der Waals surface area contributed by atoms with Crippen LogP contribution in [0.2, 0.25) is 0 Å². The molecule has 1 aliphatic heterocycles. The molecule has 1 aliphatic rings. The first-order valence-corrected chi connectivity index (χ1v) is 10.4. The van der Waals surface area contributed by atoms with Crippen molar-refractivity contribution in [1.29, 1.82) is 0 Å². The lowest BCUT2D eigenvalue weighted by atomic mass is 10.1. The number of amides is 1. The number of ether oxygens (including phenoxy) is 1. The van der Waals surface area contributed by atoms with Gasteiger partial charge in [-0.05, 0) is 42.8 Å². The second kappa shape index (κ2) is 9.43. The van der Waals surface area contributed by atoms with Crippen LogP contribution in [0, 0.1) is 6.92 Å². The molecule has 2 heterocycles. The summed E-state index contributed by atoms with van der Waals surface area (Å²) in [6.45, 7) is 4.86. The molecule has 6 heteroatoms. The third kappa shape index (κ3) is 5.09. The lowest BCUT2D eigenvalue weighted by Gasteiger charge is -2.35. The number of carbonyl (C=O) groups is 1. The van der Waals surface area contributed by atoms with Crippen molar-refractivity contribution in [3.8, 4) is 17.0 Å². The number of hydrogen-bond donors (Lipinski definition) is 0. The average Bonchev–Trinajstić information content (AvgIpc) is 2.84. The van der Waals surface area contributed by atoms with Crippen LogP contribution in [0.1, 0.15) is 11.1 Å². The number of hydrogen-bond acceptors (Lipinski definition) is 5. The minimum Gasteiger partial charge on any atom is -0.497 e. The van der Waals surface area contributed by atoms with Crippen LogP contribution in [-0.4, -0.2) is 54.1 Å². The number of anilines is 1. The number of piperazine rings is 1. The van der Waals surface area contributed by atoms with E-state index < -0.39 is 0 Å². The summed E-state index contributed by atoms with van der Waals surface area (Å²) in [4.78, 5) is 25.5. The molecular formula is C25H26N4O2. The van der Waals surface area contributed by atoms with Crippen LogP contribution < -0.4 is 9.64 Å². The van der Waals surface area contributed by atoms with Crippen LogP contribution in [0.25, 0.3) is 17.3 Å². The molecular weight excluding hydrogens is 388 g/mol. The molecule has 0 N–H and O–H groups in total. The monoisotopic (exact) mass is 414 g/mol. The summed E-state index contributed by atoms with van der Waals surface area (Å²) in [5, 5.41) is 0. The molecule has 0 spiro atoms. The summed E-state index contributed by atoms with van der Waals surface area (Å²) in [5.74, 6) is 1.74. The van der Waals surface area contributed by atoms with Crippen LogP contribution in [0.5, 0.6) is 5.75 Å². The summed E-state index contributed by atoms with van der Waals surface area (Å²) in [6.07, 6.45) is 5.13. The molecule has 3 aromatic rings. The Labute approximate surface area is 182 Å². The SMILES string of the molecule is COc1ccc(-c2cc(N3CCN(C(=O)/C=C/c4ccc(C)cc4)CC3)ncn2)cc1. The molecule has 2 aromatic carbocycles. The van der Waals surface area contributed by atoms with Gasteiger partial charge < -0.3 is 14.5 Å². The van der Waals surface area contributed by atoms with E-state index in [4.69, 9.17) is 4.74 Å². The van der Waals surface area contributed by atoms with Gasteiger partial charge in [0.2, 0.25) is 5.91 Å². The van der Waals surface area contributed by atoms with Crippen LogP contribution in [-0.2, 0) is 4.79 Å². The van der Waals surface area contributed by atoms with Crippen molar-refractivity contribution in [3.63, 3.8) is 0 Å². The zero-order chi connectivity index (χ0) is 21.6. The summed E-state index contributed by atoms with van der Waals surface area (Å²) in [5.41, 5.74) is 4.12. The van der Waals surface area contributed by atoms with E-state index in [1.165, 1.54) is 5.56 Å². The number of nitrogens with zero attached hydrogens (tertiary/aromatic N) is 4. The van der Waals surface area contributed by atoms with Crippen LogP contribution in [0.3, 0.4) is 0 Å². The molecule has 0 atom stereocenters. The van der Waals surface area contributed by atoms with Gasteiger partial charge in [0.1, 0.15) is 17.9 Å². The van der Waals surface area contributed by atoms with Gasteiger partial charge in [-0.3, -0.25) is 4.79 Å². The fourth-order valence-electron chi connectivity index (χ4n) is 3.55. The molecule has 31 heavy (non-hydrogen) atoms. The highest BCUT2D eigenvalue weighted by Gasteiger charge is 2.21. The normalized spacial score (nSPS) is 14.1. The average molecular weight is 415 g/mol. The Bertz CT molecular complexity index is 1050. The van der Waals surface area contributed by atoms with Crippen LogP contribution in [0.4, 0.5) is 5.82 Å².